The van der Waals surface area contributed by atoms with Crippen molar-refractivity contribution in [2.75, 3.05) is 18.0 Å². The highest BCUT2D eigenvalue weighted by Crippen LogP contribution is 2.46. The van der Waals surface area contributed by atoms with Gasteiger partial charge in [-0.15, -0.1) is 0 Å². The molecule has 0 amide bonds. The van der Waals surface area contributed by atoms with Gasteiger partial charge in [-0.2, -0.15) is 0 Å². The molecule has 1 aliphatic heterocycles. The van der Waals surface area contributed by atoms with Gasteiger partial charge in [0, 0.05) is 29.6 Å². The van der Waals surface area contributed by atoms with Gasteiger partial charge in [-0.05, 0) is 43.2 Å². The Balaban J connectivity index is 1.45. The topological polar surface area (TPSA) is 55.0 Å². The van der Waals surface area contributed by atoms with Crippen molar-refractivity contribution in [3.05, 3.63) is 64.8 Å². The van der Waals surface area contributed by atoms with Gasteiger partial charge in [0.05, 0.1) is 16.2 Å². The van der Waals surface area contributed by atoms with Crippen molar-refractivity contribution in [3.8, 4) is 11.3 Å². The summed E-state index contributed by atoms with van der Waals surface area (Å²) in [7, 11) is 0. The Kier molecular flexibility index (Phi) is 6.35. The van der Waals surface area contributed by atoms with E-state index in [9.17, 15) is 0 Å². The molecule has 7 heteroatoms. The number of rotatable bonds is 4. The fraction of sp³-hybridized carbons (Fsp3) is 0.360. The number of nitrogens with two attached hydrogens (primary N) is 1. The van der Waals surface area contributed by atoms with Crippen molar-refractivity contribution in [2.45, 2.75) is 48.1 Å². The molecule has 2 heterocycles. The molecule has 2 fully saturated rings. The molecule has 32 heavy (non-hydrogen) atoms. The van der Waals surface area contributed by atoms with Crippen LogP contribution >= 0.6 is 35.0 Å². The van der Waals surface area contributed by atoms with Gasteiger partial charge >= 0.3 is 0 Å². The van der Waals surface area contributed by atoms with Crippen LogP contribution in [-0.4, -0.2) is 29.1 Å². The van der Waals surface area contributed by atoms with E-state index in [1.807, 2.05) is 36.5 Å². The highest BCUT2D eigenvalue weighted by Gasteiger charge is 2.43. The lowest BCUT2D eigenvalue weighted by molar-refractivity contribution is 0.197. The summed E-state index contributed by atoms with van der Waals surface area (Å²) in [6, 6.07) is 16.2. The van der Waals surface area contributed by atoms with Gasteiger partial charge in [-0.1, -0.05) is 77.8 Å². The molecule has 1 spiro atoms. The molecule has 1 aliphatic carbocycles. The van der Waals surface area contributed by atoms with Crippen molar-refractivity contribution in [1.29, 1.82) is 0 Å². The first kappa shape index (κ1) is 22.0. The molecule has 166 valence electrons. The number of hydrogen-bond donors (Lipinski definition) is 1. The predicted molar refractivity (Wildman–Crippen MR) is 134 cm³/mol. The maximum absolute atomic E-state index is 6.48. The van der Waals surface area contributed by atoms with Gasteiger partial charge in [0.2, 0.25) is 0 Å². The number of hydrogen-bond acceptors (Lipinski definition) is 5. The maximum atomic E-state index is 6.48. The van der Waals surface area contributed by atoms with E-state index < -0.39 is 0 Å². The minimum Gasteiger partial charge on any atom is -0.355 e. The molecule has 2 aliphatic rings. The Morgan fingerprint density at radius 2 is 1.78 bits per heavy atom. The molecule has 0 bridgehead atoms. The summed E-state index contributed by atoms with van der Waals surface area (Å²) >= 11 is 14.2. The Morgan fingerprint density at radius 1 is 1.00 bits per heavy atom. The number of nitrogens with zero attached hydrogens (tertiary/aromatic N) is 3. The van der Waals surface area contributed by atoms with Gasteiger partial charge < -0.3 is 10.6 Å². The van der Waals surface area contributed by atoms with E-state index in [0.29, 0.717) is 21.5 Å². The first-order valence-corrected chi connectivity index (χ1v) is 12.7. The monoisotopic (exact) mass is 484 g/mol. The highest BCUT2D eigenvalue weighted by molar-refractivity contribution is 7.99. The van der Waals surface area contributed by atoms with Crippen LogP contribution in [0.2, 0.25) is 10.0 Å². The van der Waals surface area contributed by atoms with Crippen molar-refractivity contribution in [1.82, 2.24) is 9.97 Å². The highest BCUT2D eigenvalue weighted by atomic mass is 35.5. The Morgan fingerprint density at radius 3 is 2.50 bits per heavy atom. The predicted octanol–water partition coefficient (Wildman–Crippen LogP) is 6.70. The number of anilines is 1. The van der Waals surface area contributed by atoms with Crippen LogP contribution in [0.3, 0.4) is 0 Å². The lowest BCUT2D eigenvalue weighted by Crippen LogP contribution is -2.47. The first-order valence-electron chi connectivity index (χ1n) is 11.1. The third-order valence-corrected chi connectivity index (χ3v) is 8.94. The van der Waals surface area contributed by atoms with Gasteiger partial charge in [0.1, 0.15) is 16.5 Å². The number of aromatic nitrogens is 2. The molecule has 4 nitrogen and oxygen atoms in total. The van der Waals surface area contributed by atoms with Crippen LogP contribution in [0.4, 0.5) is 5.82 Å². The zero-order valence-electron chi connectivity index (χ0n) is 17.8. The van der Waals surface area contributed by atoms with Gasteiger partial charge in [0.25, 0.3) is 0 Å². The third kappa shape index (κ3) is 4.24. The van der Waals surface area contributed by atoms with Crippen LogP contribution in [0.15, 0.2) is 64.6 Å². The van der Waals surface area contributed by atoms with Crippen molar-refractivity contribution < 1.29 is 0 Å². The maximum Gasteiger partial charge on any atom is 0.147 e. The molecule has 2 N–H and O–H groups in total. The van der Waals surface area contributed by atoms with Crippen LogP contribution in [0.1, 0.15) is 32.1 Å². The second-order valence-electron chi connectivity index (χ2n) is 8.75. The van der Waals surface area contributed by atoms with Crippen LogP contribution < -0.4 is 10.6 Å². The van der Waals surface area contributed by atoms with Gasteiger partial charge in [-0.25, -0.2) is 9.97 Å². The van der Waals surface area contributed by atoms with E-state index in [-0.39, 0.29) is 0 Å². The van der Waals surface area contributed by atoms with E-state index in [1.165, 1.54) is 24.6 Å². The summed E-state index contributed by atoms with van der Waals surface area (Å²) in [6.07, 6.45) is 7.84. The second-order valence-corrected chi connectivity index (χ2v) is 10.6. The van der Waals surface area contributed by atoms with E-state index in [4.69, 9.17) is 38.9 Å². The molecule has 1 saturated heterocycles. The zero-order valence-corrected chi connectivity index (χ0v) is 20.1. The molecule has 0 unspecified atom stereocenters. The van der Waals surface area contributed by atoms with Crippen LogP contribution in [0.5, 0.6) is 0 Å². The molecule has 3 aromatic rings. The van der Waals surface area contributed by atoms with E-state index in [0.717, 1.165) is 59.3 Å². The molecule has 1 aromatic heterocycles. The van der Waals surface area contributed by atoms with E-state index in [1.54, 1.807) is 6.07 Å². The molecule has 5 rings (SSSR count). The molecule has 1 atom stereocenters. The Labute approximate surface area is 203 Å². The summed E-state index contributed by atoms with van der Waals surface area (Å²) in [5.41, 5.74) is 8.70. The zero-order chi connectivity index (χ0) is 22.1. The number of halogens is 2. The quantitative estimate of drug-likeness (QED) is 0.446. The summed E-state index contributed by atoms with van der Waals surface area (Å²) in [5.74, 6) is 0.923. The van der Waals surface area contributed by atoms with E-state index in [2.05, 4.69) is 17.0 Å². The summed E-state index contributed by atoms with van der Waals surface area (Å²) in [5, 5.41) is 1.89. The standard InChI is InChI=1S/C25H26Cl2N4S/c26-18-8-4-9-19(22(18)27)32-24-23(17-6-2-1-3-7-17)30-21(16-29-24)31-14-12-25(13-15-31)11-5-10-20(25)28/h1-4,6-9,16,20H,5,10-15,28H2/t20-/m1/s1. The average molecular weight is 485 g/mol. The van der Waals surface area contributed by atoms with Crippen molar-refractivity contribution in [2.24, 2.45) is 11.1 Å². The third-order valence-electron chi connectivity index (χ3n) is 6.96. The second kappa shape index (κ2) is 9.22. The summed E-state index contributed by atoms with van der Waals surface area (Å²) in [4.78, 5) is 13.1. The molecule has 0 radical (unpaired) electrons. The fourth-order valence-electron chi connectivity index (χ4n) is 5.01. The minimum atomic E-state index is 0.325. The van der Waals surface area contributed by atoms with Crippen molar-refractivity contribution >= 4 is 40.8 Å². The average Bonchev–Trinajstić information content (AvgIpc) is 3.17. The number of piperidine rings is 1. The molecule has 1 saturated carbocycles. The van der Waals surface area contributed by atoms with Gasteiger partial charge in [-0.3, -0.25) is 0 Å². The van der Waals surface area contributed by atoms with Crippen LogP contribution in [0.25, 0.3) is 11.3 Å². The largest absolute Gasteiger partial charge is 0.355 e. The number of benzene rings is 2. The molecule has 2 aromatic carbocycles. The summed E-state index contributed by atoms with van der Waals surface area (Å²) in [6.45, 7) is 1.95. The Hall–Kier alpha value is -1.79. The smallest absolute Gasteiger partial charge is 0.147 e. The first-order chi connectivity index (χ1) is 15.6. The lowest BCUT2D eigenvalue weighted by atomic mass is 9.74. The minimum absolute atomic E-state index is 0.325. The SMILES string of the molecule is N[C@@H]1CCCC12CCN(c1cnc(Sc3cccc(Cl)c3Cl)c(-c3ccccc3)n1)CC2. The van der Waals surface area contributed by atoms with E-state index >= 15 is 0 Å². The fourth-order valence-corrected chi connectivity index (χ4v) is 6.41. The summed E-state index contributed by atoms with van der Waals surface area (Å²) < 4.78 is 0. The molecular formula is C25H26Cl2N4S. The Bertz CT molecular complexity index is 1100. The normalized spacial score (nSPS) is 20.1. The van der Waals surface area contributed by atoms with Crippen LogP contribution in [-0.2, 0) is 0 Å². The lowest BCUT2D eigenvalue weighted by Gasteiger charge is -2.42. The molecular weight excluding hydrogens is 459 g/mol. The van der Waals surface area contributed by atoms with Gasteiger partial charge in [0.15, 0.2) is 0 Å². The van der Waals surface area contributed by atoms with Crippen molar-refractivity contribution in [3.63, 3.8) is 0 Å². The van der Waals surface area contributed by atoms with Crippen LogP contribution in [0, 0.1) is 5.41 Å².